The van der Waals surface area contributed by atoms with Crippen LogP contribution in [0.2, 0.25) is 0 Å². The van der Waals surface area contributed by atoms with Crippen LogP contribution in [0.5, 0.6) is 5.75 Å². The molecule has 4 aromatic rings. The van der Waals surface area contributed by atoms with Crippen LogP contribution in [0.15, 0.2) is 65.1 Å². The van der Waals surface area contributed by atoms with Gasteiger partial charge in [0.15, 0.2) is 17.8 Å². The summed E-state index contributed by atoms with van der Waals surface area (Å²) in [5, 5.41) is 22.9. The van der Waals surface area contributed by atoms with Crippen molar-refractivity contribution in [2.24, 2.45) is 0 Å². The van der Waals surface area contributed by atoms with E-state index < -0.39 is 4.92 Å². The number of fused-ring (bicyclic) bond motifs is 1. The zero-order valence-electron chi connectivity index (χ0n) is 16.1. The van der Waals surface area contributed by atoms with E-state index in [2.05, 4.69) is 10.2 Å². The van der Waals surface area contributed by atoms with Gasteiger partial charge in [0.25, 0.3) is 5.69 Å². The molecule has 5 rings (SSSR count). The molecule has 31 heavy (non-hydrogen) atoms. The van der Waals surface area contributed by atoms with Gasteiger partial charge in [-0.15, -0.1) is 21.5 Å². The van der Waals surface area contributed by atoms with Gasteiger partial charge in [0.2, 0.25) is 0 Å². The number of thiophene rings is 1. The van der Waals surface area contributed by atoms with Gasteiger partial charge in [0.1, 0.15) is 5.75 Å². The normalized spacial score (nSPS) is 12.9. The van der Waals surface area contributed by atoms with Crippen molar-refractivity contribution in [3.05, 3.63) is 81.2 Å². The maximum atomic E-state index is 11.4. The molecule has 0 N–H and O–H groups in total. The summed E-state index contributed by atoms with van der Waals surface area (Å²) in [6.45, 7) is 0.419. The van der Waals surface area contributed by atoms with Crippen molar-refractivity contribution in [2.45, 2.75) is 17.5 Å². The summed E-state index contributed by atoms with van der Waals surface area (Å²) in [5.74, 6) is 1.85. The number of benzene rings is 2. The van der Waals surface area contributed by atoms with Crippen LogP contribution in [-0.4, -0.2) is 26.5 Å². The summed E-state index contributed by atoms with van der Waals surface area (Å²) < 4.78 is 13.0. The molecule has 0 atom stereocenters. The highest BCUT2D eigenvalue weighted by Crippen LogP contribution is 2.37. The van der Waals surface area contributed by atoms with Crippen molar-refractivity contribution in [1.82, 2.24) is 14.8 Å². The van der Waals surface area contributed by atoms with E-state index >= 15 is 0 Å². The molecule has 0 unspecified atom stereocenters. The van der Waals surface area contributed by atoms with Crippen molar-refractivity contribution in [3.63, 3.8) is 0 Å². The second kappa shape index (κ2) is 8.50. The second-order valence-corrected chi connectivity index (χ2v) is 8.59. The van der Waals surface area contributed by atoms with Gasteiger partial charge in [-0.1, -0.05) is 36.0 Å². The molecule has 1 aliphatic rings. The SMILES string of the molecule is O=[N+]([O-])c1cc2c(c(CSc3nnc(-c4cccs4)n3-c3ccccc3)c1)OCOC2. The lowest BCUT2D eigenvalue weighted by atomic mass is 10.1. The highest BCUT2D eigenvalue weighted by atomic mass is 32.2. The summed E-state index contributed by atoms with van der Waals surface area (Å²) >= 11 is 3.05. The zero-order chi connectivity index (χ0) is 21.2. The quantitative estimate of drug-likeness (QED) is 0.229. The Bertz CT molecular complexity index is 1230. The summed E-state index contributed by atoms with van der Waals surface area (Å²) in [6.07, 6.45) is 0. The monoisotopic (exact) mass is 452 g/mol. The molecule has 0 bridgehead atoms. The van der Waals surface area contributed by atoms with Gasteiger partial charge in [-0.2, -0.15) is 0 Å². The van der Waals surface area contributed by atoms with Gasteiger partial charge in [-0.05, 0) is 23.6 Å². The van der Waals surface area contributed by atoms with E-state index in [0.29, 0.717) is 22.2 Å². The number of nitro groups is 1. The number of aromatic nitrogens is 3. The van der Waals surface area contributed by atoms with Gasteiger partial charge in [0, 0.05) is 34.7 Å². The third-order valence-electron chi connectivity index (χ3n) is 4.73. The van der Waals surface area contributed by atoms with Crippen molar-refractivity contribution in [2.75, 3.05) is 6.79 Å². The standard InChI is InChI=1S/C21H16N4O4S2/c26-25(27)17-9-14-11-28-13-29-19(14)15(10-17)12-31-21-23-22-20(18-7-4-8-30-18)24(21)16-5-2-1-3-6-16/h1-10H,11-13H2. The number of non-ortho nitro benzene ring substituents is 1. The summed E-state index contributed by atoms with van der Waals surface area (Å²) in [6, 6.07) is 16.9. The maximum Gasteiger partial charge on any atom is 0.270 e. The first-order chi connectivity index (χ1) is 15.2. The molecule has 0 amide bonds. The van der Waals surface area contributed by atoms with Crippen LogP contribution in [-0.2, 0) is 17.1 Å². The van der Waals surface area contributed by atoms with Crippen molar-refractivity contribution in [1.29, 1.82) is 0 Å². The van der Waals surface area contributed by atoms with Gasteiger partial charge in [-0.3, -0.25) is 14.7 Å². The Labute approximate surface area is 185 Å². The minimum Gasteiger partial charge on any atom is -0.467 e. The summed E-state index contributed by atoms with van der Waals surface area (Å²) in [4.78, 5) is 12.0. The Kier molecular flexibility index (Phi) is 5.41. The largest absolute Gasteiger partial charge is 0.467 e. The van der Waals surface area contributed by atoms with Crippen LogP contribution in [0, 0.1) is 10.1 Å². The molecule has 0 saturated heterocycles. The van der Waals surface area contributed by atoms with Crippen LogP contribution < -0.4 is 4.74 Å². The number of nitrogens with zero attached hydrogens (tertiary/aromatic N) is 4. The molecule has 156 valence electrons. The molecule has 0 fully saturated rings. The molecule has 8 nitrogen and oxygen atoms in total. The Morgan fingerprint density at radius 3 is 2.81 bits per heavy atom. The van der Waals surface area contributed by atoms with E-state index in [-0.39, 0.29) is 19.1 Å². The van der Waals surface area contributed by atoms with Crippen molar-refractivity contribution in [3.8, 4) is 22.1 Å². The number of nitro benzene ring substituents is 1. The molecule has 3 heterocycles. The molecule has 0 aliphatic carbocycles. The van der Waals surface area contributed by atoms with Crippen LogP contribution in [0.3, 0.4) is 0 Å². The topological polar surface area (TPSA) is 92.3 Å². The highest BCUT2D eigenvalue weighted by Gasteiger charge is 2.23. The van der Waals surface area contributed by atoms with E-state index in [0.717, 1.165) is 22.0 Å². The van der Waals surface area contributed by atoms with Gasteiger partial charge in [0.05, 0.1) is 16.4 Å². The van der Waals surface area contributed by atoms with Crippen molar-refractivity contribution < 1.29 is 14.4 Å². The first-order valence-electron chi connectivity index (χ1n) is 9.39. The highest BCUT2D eigenvalue weighted by molar-refractivity contribution is 7.98. The van der Waals surface area contributed by atoms with Crippen molar-refractivity contribution >= 4 is 28.8 Å². The predicted octanol–water partition coefficient (Wildman–Crippen LogP) is 5.06. The minimum atomic E-state index is -0.398. The third kappa shape index (κ3) is 3.92. The number of rotatable bonds is 6. The van der Waals surface area contributed by atoms with Gasteiger partial charge >= 0.3 is 0 Å². The fourth-order valence-corrected chi connectivity index (χ4v) is 4.99. The summed E-state index contributed by atoms with van der Waals surface area (Å²) in [7, 11) is 0. The Hall–Kier alpha value is -3.21. The van der Waals surface area contributed by atoms with E-state index in [1.165, 1.54) is 17.8 Å². The Morgan fingerprint density at radius 2 is 2.03 bits per heavy atom. The van der Waals surface area contributed by atoms with E-state index in [1.807, 2.05) is 52.4 Å². The molecule has 2 aromatic heterocycles. The Balaban J connectivity index is 1.52. The number of para-hydroxylation sites is 1. The van der Waals surface area contributed by atoms with Crippen LogP contribution in [0.25, 0.3) is 16.4 Å². The molecule has 10 heteroatoms. The molecule has 0 radical (unpaired) electrons. The molecule has 0 saturated carbocycles. The average Bonchev–Trinajstić information content (AvgIpc) is 3.47. The number of thioether (sulfide) groups is 1. The van der Waals surface area contributed by atoms with Gasteiger partial charge in [-0.25, -0.2) is 0 Å². The average molecular weight is 453 g/mol. The van der Waals surface area contributed by atoms with Crippen LogP contribution in [0.4, 0.5) is 5.69 Å². The summed E-state index contributed by atoms with van der Waals surface area (Å²) in [5.41, 5.74) is 2.38. The first-order valence-corrected chi connectivity index (χ1v) is 11.3. The van der Waals surface area contributed by atoms with E-state index in [9.17, 15) is 10.1 Å². The lowest BCUT2D eigenvalue weighted by molar-refractivity contribution is -0.385. The maximum absolute atomic E-state index is 11.4. The fraction of sp³-hybridized carbons (Fsp3) is 0.143. The predicted molar refractivity (Wildman–Crippen MR) is 118 cm³/mol. The van der Waals surface area contributed by atoms with E-state index in [4.69, 9.17) is 9.47 Å². The minimum absolute atomic E-state index is 0.0206. The molecule has 1 aliphatic heterocycles. The number of ether oxygens (including phenoxy) is 2. The van der Waals surface area contributed by atoms with Gasteiger partial charge < -0.3 is 9.47 Å². The molecular formula is C21H16N4O4S2. The smallest absolute Gasteiger partial charge is 0.270 e. The Morgan fingerprint density at radius 1 is 1.16 bits per heavy atom. The van der Waals surface area contributed by atoms with Crippen LogP contribution in [0.1, 0.15) is 11.1 Å². The van der Waals surface area contributed by atoms with Crippen LogP contribution >= 0.6 is 23.1 Å². The first kappa shape index (κ1) is 19.7. The second-order valence-electron chi connectivity index (χ2n) is 6.70. The fourth-order valence-electron chi connectivity index (χ4n) is 3.37. The molecule has 0 spiro atoms. The number of hydrogen-bond acceptors (Lipinski definition) is 8. The third-order valence-corrected chi connectivity index (χ3v) is 6.57. The lowest BCUT2D eigenvalue weighted by Crippen LogP contribution is -2.13. The molecular weight excluding hydrogens is 436 g/mol. The zero-order valence-corrected chi connectivity index (χ0v) is 17.8. The molecule has 2 aromatic carbocycles. The lowest BCUT2D eigenvalue weighted by Gasteiger charge is -2.20. The number of hydrogen-bond donors (Lipinski definition) is 0. The van der Waals surface area contributed by atoms with E-state index in [1.54, 1.807) is 17.4 Å².